The van der Waals surface area contributed by atoms with Crippen molar-refractivity contribution in [1.29, 1.82) is 0 Å². The van der Waals surface area contributed by atoms with E-state index < -0.39 is 0 Å². The van der Waals surface area contributed by atoms with Crippen molar-refractivity contribution in [3.05, 3.63) is 35.9 Å². The van der Waals surface area contributed by atoms with Gasteiger partial charge in [-0.15, -0.1) is 0 Å². The first-order valence-corrected chi connectivity index (χ1v) is 9.32. The molecule has 0 radical (unpaired) electrons. The van der Waals surface area contributed by atoms with Gasteiger partial charge in [-0.1, -0.05) is 30.3 Å². The first-order valence-electron chi connectivity index (χ1n) is 9.32. The summed E-state index contributed by atoms with van der Waals surface area (Å²) in [6.07, 6.45) is 2.20. The maximum absolute atomic E-state index is 12.6. The fourth-order valence-corrected chi connectivity index (χ4v) is 4.47. The summed E-state index contributed by atoms with van der Waals surface area (Å²) >= 11 is 0. The number of likely N-dealkylation sites (tertiary alicyclic amines) is 2. The number of aryl methyl sites for hydroxylation is 1. The first-order chi connectivity index (χ1) is 12.0. The lowest BCUT2D eigenvalue weighted by Gasteiger charge is -2.33. The Labute approximate surface area is 150 Å². The van der Waals surface area contributed by atoms with Crippen molar-refractivity contribution in [2.24, 2.45) is 5.92 Å². The minimum absolute atomic E-state index is 0.0541. The smallest absolute Gasteiger partial charge is 0.237 e. The van der Waals surface area contributed by atoms with Crippen molar-refractivity contribution in [3.8, 4) is 0 Å². The molecule has 2 aliphatic rings. The van der Waals surface area contributed by atoms with Crippen LogP contribution in [0.3, 0.4) is 0 Å². The largest absolute Gasteiger partial charge is 0.358 e. The second-order valence-corrected chi connectivity index (χ2v) is 7.52. The summed E-state index contributed by atoms with van der Waals surface area (Å²) in [7, 11) is 1.70. The van der Waals surface area contributed by atoms with E-state index in [4.69, 9.17) is 0 Å². The molecule has 5 heteroatoms. The van der Waals surface area contributed by atoms with Gasteiger partial charge in [0.05, 0.1) is 6.04 Å². The third-order valence-corrected chi connectivity index (χ3v) is 5.64. The van der Waals surface area contributed by atoms with E-state index in [0.717, 1.165) is 25.9 Å². The Hall–Kier alpha value is -1.88. The monoisotopic (exact) mass is 343 g/mol. The predicted octanol–water partition coefficient (Wildman–Crippen LogP) is 1.67. The standard InChI is InChI=1S/C20H29N3O2/c1-14(2)23-17(20(25)21-3)11-16-12-22(13-18(16)23)19(24)10-9-15-7-5-4-6-8-15/h4-8,14,16-18H,9-13H2,1-3H3,(H,21,25)/t16-,17-,18+/m0/s1. The number of benzene rings is 1. The molecular weight excluding hydrogens is 314 g/mol. The van der Waals surface area contributed by atoms with Crippen molar-refractivity contribution < 1.29 is 9.59 Å². The SMILES string of the molecule is CNC(=O)[C@@H]1C[C@H]2CN(C(=O)CCc3ccccc3)C[C@H]2N1C(C)C. The number of rotatable bonds is 5. The predicted molar refractivity (Wildman–Crippen MR) is 98.1 cm³/mol. The van der Waals surface area contributed by atoms with Gasteiger partial charge in [0.1, 0.15) is 0 Å². The van der Waals surface area contributed by atoms with Crippen molar-refractivity contribution in [2.45, 2.75) is 51.2 Å². The van der Waals surface area contributed by atoms with E-state index in [1.165, 1.54) is 5.56 Å². The van der Waals surface area contributed by atoms with Gasteiger partial charge in [-0.2, -0.15) is 0 Å². The molecular formula is C20H29N3O2. The lowest BCUT2D eigenvalue weighted by molar-refractivity contribution is -0.130. The summed E-state index contributed by atoms with van der Waals surface area (Å²) in [6, 6.07) is 10.7. The van der Waals surface area contributed by atoms with E-state index >= 15 is 0 Å². The van der Waals surface area contributed by atoms with Crippen LogP contribution in [-0.2, 0) is 16.0 Å². The summed E-state index contributed by atoms with van der Waals surface area (Å²) < 4.78 is 0. The summed E-state index contributed by atoms with van der Waals surface area (Å²) in [5, 5.41) is 2.79. The molecule has 1 N–H and O–H groups in total. The van der Waals surface area contributed by atoms with Crippen LogP contribution in [0, 0.1) is 5.92 Å². The van der Waals surface area contributed by atoms with Gasteiger partial charge in [0.2, 0.25) is 11.8 Å². The Morgan fingerprint density at radius 2 is 1.92 bits per heavy atom. The summed E-state index contributed by atoms with van der Waals surface area (Å²) in [4.78, 5) is 29.1. The molecule has 2 saturated heterocycles. The zero-order valence-electron chi connectivity index (χ0n) is 15.4. The fraction of sp³-hybridized carbons (Fsp3) is 0.600. The molecule has 2 heterocycles. The van der Waals surface area contributed by atoms with Crippen molar-refractivity contribution in [1.82, 2.24) is 15.1 Å². The molecule has 3 atom stereocenters. The van der Waals surface area contributed by atoms with Crippen LogP contribution in [0.25, 0.3) is 0 Å². The highest BCUT2D eigenvalue weighted by atomic mass is 16.2. The molecule has 3 rings (SSSR count). The highest BCUT2D eigenvalue weighted by Crippen LogP contribution is 2.37. The second-order valence-electron chi connectivity index (χ2n) is 7.52. The van der Waals surface area contributed by atoms with Crippen LogP contribution in [0.2, 0.25) is 0 Å². The van der Waals surface area contributed by atoms with Gasteiger partial charge in [-0.05, 0) is 38.2 Å². The van der Waals surface area contributed by atoms with Crippen LogP contribution in [-0.4, -0.2) is 59.9 Å². The normalized spacial score (nSPS) is 26.1. The van der Waals surface area contributed by atoms with E-state index in [1.54, 1.807) is 7.05 Å². The van der Waals surface area contributed by atoms with E-state index in [2.05, 4.69) is 36.2 Å². The van der Waals surface area contributed by atoms with Gasteiger partial charge in [0.25, 0.3) is 0 Å². The lowest BCUT2D eigenvalue weighted by Crippen LogP contribution is -2.50. The molecule has 0 unspecified atom stereocenters. The molecule has 2 amide bonds. The maximum atomic E-state index is 12.6. The van der Waals surface area contributed by atoms with E-state index in [9.17, 15) is 9.59 Å². The Bertz CT molecular complexity index is 617. The average Bonchev–Trinajstić information content (AvgIpc) is 3.17. The molecule has 1 aromatic rings. The topological polar surface area (TPSA) is 52.7 Å². The van der Waals surface area contributed by atoms with Crippen LogP contribution in [0.1, 0.15) is 32.3 Å². The first kappa shape index (κ1) is 17.9. The summed E-state index contributed by atoms with van der Waals surface area (Å²) in [5.41, 5.74) is 1.21. The molecule has 2 fully saturated rings. The Morgan fingerprint density at radius 3 is 2.56 bits per heavy atom. The number of hydrogen-bond acceptors (Lipinski definition) is 3. The summed E-state index contributed by atoms with van der Waals surface area (Å²) in [5.74, 6) is 0.744. The van der Waals surface area contributed by atoms with Crippen molar-refractivity contribution in [3.63, 3.8) is 0 Å². The molecule has 0 aromatic heterocycles. The molecule has 25 heavy (non-hydrogen) atoms. The molecule has 0 bridgehead atoms. The third kappa shape index (κ3) is 3.71. The molecule has 0 aliphatic carbocycles. The Balaban J connectivity index is 1.60. The quantitative estimate of drug-likeness (QED) is 0.885. The van der Waals surface area contributed by atoms with Gasteiger partial charge in [0.15, 0.2) is 0 Å². The van der Waals surface area contributed by atoms with Crippen LogP contribution in [0.5, 0.6) is 0 Å². The van der Waals surface area contributed by atoms with Crippen LogP contribution < -0.4 is 5.32 Å². The molecule has 1 aromatic carbocycles. The van der Waals surface area contributed by atoms with Crippen LogP contribution >= 0.6 is 0 Å². The zero-order chi connectivity index (χ0) is 18.0. The number of carbonyl (C=O) groups excluding carboxylic acids is 2. The zero-order valence-corrected chi connectivity index (χ0v) is 15.4. The minimum atomic E-state index is -0.0541. The van der Waals surface area contributed by atoms with E-state index in [1.807, 2.05) is 23.1 Å². The molecule has 136 valence electrons. The van der Waals surface area contributed by atoms with Crippen molar-refractivity contribution in [2.75, 3.05) is 20.1 Å². The molecule has 0 saturated carbocycles. The Morgan fingerprint density at radius 1 is 1.20 bits per heavy atom. The van der Waals surface area contributed by atoms with Gasteiger partial charge < -0.3 is 10.2 Å². The van der Waals surface area contributed by atoms with Crippen LogP contribution in [0.4, 0.5) is 0 Å². The van der Waals surface area contributed by atoms with Crippen molar-refractivity contribution >= 4 is 11.8 Å². The van der Waals surface area contributed by atoms with Gasteiger partial charge in [0, 0.05) is 38.6 Å². The number of nitrogens with one attached hydrogen (secondary N) is 1. The highest BCUT2D eigenvalue weighted by Gasteiger charge is 2.50. The molecule has 0 spiro atoms. The number of hydrogen-bond donors (Lipinski definition) is 1. The highest BCUT2D eigenvalue weighted by molar-refractivity contribution is 5.82. The number of carbonyl (C=O) groups is 2. The molecule has 5 nitrogen and oxygen atoms in total. The van der Waals surface area contributed by atoms with E-state index in [0.29, 0.717) is 24.4 Å². The van der Waals surface area contributed by atoms with E-state index in [-0.39, 0.29) is 17.9 Å². The van der Waals surface area contributed by atoms with Gasteiger partial charge in [-0.3, -0.25) is 14.5 Å². The average molecular weight is 343 g/mol. The number of nitrogens with zero attached hydrogens (tertiary/aromatic N) is 2. The minimum Gasteiger partial charge on any atom is -0.358 e. The van der Waals surface area contributed by atoms with Crippen LogP contribution in [0.15, 0.2) is 30.3 Å². The maximum Gasteiger partial charge on any atom is 0.237 e. The van der Waals surface area contributed by atoms with Gasteiger partial charge in [-0.25, -0.2) is 0 Å². The lowest BCUT2D eigenvalue weighted by atomic mass is 10.0. The fourth-order valence-electron chi connectivity index (χ4n) is 4.47. The third-order valence-electron chi connectivity index (χ3n) is 5.64. The summed E-state index contributed by atoms with van der Waals surface area (Å²) in [6.45, 7) is 5.81. The number of fused-ring (bicyclic) bond motifs is 1. The second kappa shape index (κ2) is 7.56. The van der Waals surface area contributed by atoms with Gasteiger partial charge >= 0.3 is 0 Å². The Kier molecular flexibility index (Phi) is 5.42. The molecule has 2 aliphatic heterocycles. The number of likely N-dealkylation sites (N-methyl/N-ethyl adjacent to an activating group) is 1. The number of amides is 2.